The standard InChI is InChI=1S/C20H28N2O3/c1-24-18-7-6-12(8-19(18)25-2)11-21-20(23)22-17-10-13-9-16(17)15-5-3-4-14(13)15/h6-8,13-17H,3-5,9-11H2,1-2H3,(H2,21,22,23)/t13-,14-,15-,16+,17-/m1/s1. The summed E-state index contributed by atoms with van der Waals surface area (Å²) in [6.07, 6.45) is 6.69. The molecular weight excluding hydrogens is 316 g/mol. The summed E-state index contributed by atoms with van der Waals surface area (Å²) in [5, 5.41) is 6.23. The molecule has 3 saturated carbocycles. The molecule has 0 aromatic heterocycles. The molecule has 136 valence electrons. The molecule has 5 heteroatoms. The first kappa shape index (κ1) is 16.6. The second-order valence-electron chi connectivity index (χ2n) is 7.78. The van der Waals surface area contributed by atoms with Gasteiger partial charge in [-0.15, -0.1) is 0 Å². The van der Waals surface area contributed by atoms with Gasteiger partial charge in [-0.25, -0.2) is 4.79 Å². The summed E-state index contributed by atoms with van der Waals surface area (Å²) in [6.45, 7) is 0.485. The summed E-state index contributed by atoms with van der Waals surface area (Å²) in [7, 11) is 3.24. The zero-order chi connectivity index (χ0) is 17.4. The average molecular weight is 344 g/mol. The summed E-state index contributed by atoms with van der Waals surface area (Å²) < 4.78 is 10.6. The lowest BCUT2D eigenvalue weighted by Crippen LogP contribution is -2.46. The molecule has 0 heterocycles. The Labute approximate surface area is 149 Å². The Morgan fingerprint density at radius 3 is 2.68 bits per heavy atom. The van der Waals surface area contributed by atoms with Gasteiger partial charge >= 0.3 is 6.03 Å². The summed E-state index contributed by atoms with van der Waals surface area (Å²) in [5.41, 5.74) is 0.997. The van der Waals surface area contributed by atoms with E-state index in [1.54, 1.807) is 14.2 Å². The third kappa shape index (κ3) is 3.05. The van der Waals surface area contributed by atoms with Gasteiger partial charge in [0.2, 0.25) is 0 Å². The maximum absolute atomic E-state index is 12.3. The molecule has 5 atom stereocenters. The van der Waals surface area contributed by atoms with Crippen molar-refractivity contribution in [3.63, 3.8) is 0 Å². The number of fused-ring (bicyclic) bond motifs is 5. The first-order valence-corrected chi connectivity index (χ1v) is 9.45. The maximum Gasteiger partial charge on any atom is 0.315 e. The highest BCUT2D eigenvalue weighted by atomic mass is 16.5. The maximum atomic E-state index is 12.3. The van der Waals surface area contributed by atoms with E-state index < -0.39 is 0 Å². The lowest BCUT2D eigenvalue weighted by Gasteiger charge is -2.32. The van der Waals surface area contributed by atoms with Crippen molar-refractivity contribution >= 4 is 6.03 Å². The molecule has 2 amide bonds. The number of urea groups is 1. The molecule has 0 unspecified atom stereocenters. The molecule has 25 heavy (non-hydrogen) atoms. The number of hydrogen-bond acceptors (Lipinski definition) is 3. The Kier molecular flexibility index (Phi) is 4.48. The van der Waals surface area contributed by atoms with Crippen molar-refractivity contribution in [3.8, 4) is 11.5 Å². The Morgan fingerprint density at radius 2 is 1.88 bits per heavy atom. The highest BCUT2D eigenvalue weighted by molar-refractivity contribution is 5.74. The van der Waals surface area contributed by atoms with Crippen molar-refractivity contribution in [2.75, 3.05) is 14.2 Å². The van der Waals surface area contributed by atoms with E-state index in [-0.39, 0.29) is 6.03 Å². The molecule has 1 aromatic rings. The number of benzene rings is 1. The molecule has 2 N–H and O–H groups in total. The second kappa shape index (κ2) is 6.77. The van der Waals surface area contributed by atoms with Crippen LogP contribution in [-0.4, -0.2) is 26.3 Å². The van der Waals surface area contributed by atoms with E-state index in [0.29, 0.717) is 30.0 Å². The van der Waals surface area contributed by atoms with Gasteiger partial charge in [0.05, 0.1) is 14.2 Å². The minimum Gasteiger partial charge on any atom is -0.493 e. The molecule has 0 spiro atoms. The van der Waals surface area contributed by atoms with E-state index in [9.17, 15) is 4.79 Å². The van der Waals surface area contributed by atoms with E-state index in [4.69, 9.17) is 9.47 Å². The summed E-state index contributed by atoms with van der Waals surface area (Å²) in [5.74, 6) is 4.78. The van der Waals surface area contributed by atoms with Crippen molar-refractivity contribution in [3.05, 3.63) is 23.8 Å². The fraction of sp³-hybridized carbons (Fsp3) is 0.650. The summed E-state index contributed by atoms with van der Waals surface area (Å²) in [4.78, 5) is 12.3. The number of methoxy groups -OCH3 is 2. The Hall–Kier alpha value is -1.91. The normalized spacial score (nSPS) is 32.3. The molecule has 3 aliphatic carbocycles. The van der Waals surface area contributed by atoms with Gasteiger partial charge < -0.3 is 20.1 Å². The lowest BCUT2D eigenvalue weighted by molar-refractivity contribution is 0.197. The molecule has 0 radical (unpaired) electrons. The van der Waals surface area contributed by atoms with Crippen LogP contribution in [-0.2, 0) is 6.54 Å². The van der Waals surface area contributed by atoms with E-state index >= 15 is 0 Å². The summed E-state index contributed by atoms with van der Waals surface area (Å²) >= 11 is 0. The van der Waals surface area contributed by atoms with Gasteiger partial charge in [0.15, 0.2) is 11.5 Å². The fourth-order valence-electron chi connectivity index (χ4n) is 5.63. The van der Waals surface area contributed by atoms with Crippen LogP contribution in [0.1, 0.15) is 37.7 Å². The van der Waals surface area contributed by atoms with Crippen LogP contribution < -0.4 is 20.1 Å². The number of ether oxygens (including phenoxy) is 2. The van der Waals surface area contributed by atoms with E-state index in [2.05, 4.69) is 10.6 Å². The molecule has 3 aliphatic rings. The molecule has 4 rings (SSSR count). The predicted molar refractivity (Wildman–Crippen MR) is 95.8 cm³/mol. The zero-order valence-corrected chi connectivity index (χ0v) is 15.1. The van der Waals surface area contributed by atoms with Crippen molar-refractivity contribution in [1.82, 2.24) is 10.6 Å². The van der Waals surface area contributed by atoms with Crippen LogP contribution in [0.25, 0.3) is 0 Å². The summed E-state index contributed by atoms with van der Waals surface area (Å²) in [6, 6.07) is 6.03. The molecule has 5 nitrogen and oxygen atoms in total. The highest BCUT2D eigenvalue weighted by Crippen LogP contribution is 2.58. The first-order chi connectivity index (χ1) is 12.2. The van der Waals surface area contributed by atoms with Crippen molar-refractivity contribution in [1.29, 1.82) is 0 Å². The first-order valence-electron chi connectivity index (χ1n) is 9.45. The second-order valence-corrected chi connectivity index (χ2v) is 7.78. The van der Waals surface area contributed by atoms with Crippen LogP contribution in [0.15, 0.2) is 18.2 Å². The van der Waals surface area contributed by atoms with Gasteiger partial charge in [0.25, 0.3) is 0 Å². The van der Waals surface area contributed by atoms with Gasteiger partial charge in [-0.05, 0) is 67.1 Å². The van der Waals surface area contributed by atoms with Crippen molar-refractivity contribution in [2.24, 2.45) is 23.7 Å². The monoisotopic (exact) mass is 344 g/mol. The average Bonchev–Trinajstić information content (AvgIpc) is 3.32. The van der Waals surface area contributed by atoms with Crippen LogP contribution in [0, 0.1) is 23.7 Å². The number of hydrogen-bond donors (Lipinski definition) is 2. The number of carbonyl (C=O) groups excluding carboxylic acids is 1. The van der Waals surface area contributed by atoms with Crippen LogP contribution in [0.5, 0.6) is 11.5 Å². The van der Waals surface area contributed by atoms with Crippen molar-refractivity contribution in [2.45, 2.75) is 44.7 Å². The molecular formula is C20H28N2O3. The number of nitrogens with one attached hydrogen (secondary N) is 2. The Morgan fingerprint density at radius 1 is 1.08 bits per heavy atom. The minimum atomic E-state index is -0.0538. The van der Waals surface area contributed by atoms with E-state index in [1.807, 2.05) is 18.2 Å². The van der Waals surface area contributed by atoms with Gasteiger partial charge in [-0.2, -0.15) is 0 Å². The third-order valence-corrected chi connectivity index (χ3v) is 6.65. The van der Waals surface area contributed by atoms with Gasteiger partial charge in [0, 0.05) is 12.6 Å². The molecule has 0 saturated heterocycles. The molecule has 2 bridgehead atoms. The third-order valence-electron chi connectivity index (χ3n) is 6.65. The highest BCUT2D eigenvalue weighted by Gasteiger charge is 2.54. The van der Waals surface area contributed by atoms with Gasteiger partial charge in [-0.1, -0.05) is 12.5 Å². The van der Waals surface area contributed by atoms with Gasteiger partial charge in [0.1, 0.15) is 0 Å². The fourth-order valence-corrected chi connectivity index (χ4v) is 5.63. The lowest BCUT2D eigenvalue weighted by atomic mass is 9.79. The smallest absolute Gasteiger partial charge is 0.315 e. The SMILES string of the molecule is COc1ccc(CNC(=O)N[C@@H]2C[C@H]3C[C@H]2[C@@H]2CCC[C@H]32)cc1OC. The quantitative estimate of drug-likeness (QED) is 0.861. The van der Waals surface area contributed by atoms with E-state index in [0.717, 1.165) is 23.3 Å². The number of amides is 2. The zero-order valence-electron chi connectivity index (χ0n) is 15.1. The largest absolute Gasteiger partial charge is 0.493 e. The van der Waals surface area contributed by atoms with Crippen LogP contribution in [0.3, 0.4) is 0 Å². The Balaban J connectivity index is 1.30. The van der Waals surface area contributed by atoms with Gasteiger partial charge in [-0.3, -0.25) is 0 Å². The van der Waals surface area contributed by atoms with Crippen LogP contribution >= 0.6 is 0 Å². The predicted octanol–water partition coefficient (Wildman–Crippen LogP) is 3.33. The van der Waals surface area contributed by atoms with Crippen molar-refractivity contribution < 1.29 is 14.3 Å². The molecule has 0 aliphatic heterocycles. The van der Waals surface area contributed by atoms with Crippen LogP contribution in [0.2, 0.25) is 0 Å². The number of carbonyl (C=O) groups is 1. The topological polar surface area (TPSA) is 59.6 Å². The molecule has 1 aromatic carbocycles. The van der Waals surface area contributed by atoms with Crippen LogP contribution in [0.4, 0.5) is 4.79 Å². The molecule has 3 fully saturated rings. The Bertz CT molecular complexity index is 648. The van der Waals surface area contributed by atoms with E-state index in [1.165, 1.54) is 32.1 Å². The number of rotatable bonds is 5. The minimum absolute atomic E-state index is 0.0538.